The molecule has 0 atom stereocenters. The summed E-state index contributed by atoms with van der Waals surface area (Å²) >= 11 is 0. The maximum absolute atomic E-state index is 12.9. The minimum Gasteiger partial charge on any atom is -0.484 e. The van der Waals surface area contributed by atoms with E-state index in [1.54, 1.807) is 0 Å². The van der Waals surface area contributed by atoms with Gasteiger partial charge in [-0.15, -0.1) is 0 Å². The van der Waals surface area contributed by atoms with E-state index < -0.39 is 23.0 Å². The van der Waals surface area contributed by atoms with Crippen LogP contribution in [0.4, 0.5) is 10.1 Å². The Labute approximate surface area is 146 Å². The summed E-state index contributed by atoms with van der Waals surface area (Å²) in [4.78, 5) is 40.6. The van der Waals surface area contributed by atoms with Crippen molar-refractivity contribution in [3.63, 3.8) is 0 Å². The van der Waals surface area contributed by atoms with Crippen LogP contribution in [0.25, 0.3) is 11.0 Å². The average Bonchev–Trinajstić information content (AvgIpc) is 2.64. The molecule has 0 aliphatic rings. The molecule has 0 unspecified atom stereocenters. The Hall–Kier alpha value is -3.49. The number of benzene rings is 1. The fraction of sp³-hybridized carbons (Fsp3) is 0.176. The number of anilines is 1. The van der Waals surface area contributed by atoms with E-state index in [1.165, 1.54) is 55.2 Å². The molecule has 9 heteroatoms. The molecule has 0 aliphatic carbocycles. The molecule has 3 aromatic rings. The van der Waals surface area contributed by atoms with E-state index in [9.17, 15) is 18.8 Å². The van der Waals surface area contributed by atoms with Crippen LogP contribution in [-0.2, 0) is 18.9 Å². The number of halogens is 1. The molecule has 8 nitrogen and oxygen atoms in total. The predicted octanol–water partition coefficient (Wildman–Crippen LogP) is 0.789. The first kappa shape index (κ1) is 17.3. The number of ether oxygens (including phenoxy) is 1. The third-order valence-corrected chi connectivity index (χ3v) is 3.80. The van der Waals surface area contributed by atoms with Crippen molar-refractivity contribution in [2.45, 2.75) is 0 Å². The summed E-state index contributed by atoms with van der Waals surface area (Å²) in [7, 11) is 2.83. The number of aromatic nitrogens is 3. The molecule has 0 fully saturated rings. The first-order chi connectivity index (χ1) is 12.4. The van der Waals surface area contributed by atoms with Crippen LogP contribution >= 0.6 is 0 Å². The summed E-state index contributed by atoms with van der Waals surface area (Å²) < 4.78 is 20.3. The second-order valence-electron chi connectivity index (χ2n) is 5.55. The highest BCUT2D eigenvalue weighted by molar-refractivity contribution is 6.00. The highest BCUT2D eigenvalue weighted by Gasteiger charge is 2.15. The molecular formula is C17H15FN4O4. The van der Waals surface area contributed by atoms with Crippen LogP contribution < -0.4 is 21.3 Å². The summed E-state index contributed by atoms with van der Waals surface area (Å²) in [6.07, 6.45) is 1.39. The second kappa shape index (κ2) is 6.79. The van der Waals surface area contributed by atoms with Crippen molar-refractivity contribution in [2.24, 2.45) is 14.1 Å². The van der Waals surface area contributed by atoms with Crippen LogP contribution in [0.3, 0.4) is 0 Å². The summed E-state index contributed by atoms with van der Waals surface area (Å²) in [6.45, 7) is -0.332. The van der Waals surface area contributed by atoms with Gasteiger partial charge in [0.05, 0.1) is 5.69 Å². The van der Waals surface area contributed by atoms with E-state index in [2.05, 4.69) is 10.3 Å². The molecule has 0 radical (unpaired) electrons. The molecule has 2 aromatic heterocycles. The van der Waals surface area contributed by atoms with Gasteiger partial charge >= 0.3 is 5.69 Å². The molecular weight excluding hydrogens is 343 g/mol. The molecule has 1 amide bonds. The number of amides is 1. The molecule has 0 spiro atoms. The lowest BCUT2D eigenvalue weighted by Crippen LogP contribution is -2.37. The van der Waals surface area contributed by atoms with Crippen molar-refractivity contribution >= 4 is 22.6 Å². The Bertz CT molecular complexity index is 1100. The smallest absolute Gasteiger partial charge is 0.332 e. The van der Waals surface area contributed by atoms with Gasteiger partial charge in [0.25, 0.3) is 11.5 Å². The molecule has 1 aromatic carbocycles. The summed E-state index contributed by atoms with van der Waals surface area (Å²) in [5, 5.41) is 2.69. The van der Waals surface area contributed by atoms with Crippen LogP contribution in [-0.4, -0.2) is 26.6 Å². The van der Waals surface area contributed by atoms with Gasteiger partial charge in [0.15, 0.2) is 12.3 Å². The number of nitrogens with one attached hydrogen (secondary N) is 1. The van der Waals surface area contributed by atoms with Crippen LogP contribution in [0.1, 0.15) is 0 Å². The molecule has 0 bridgehead atoms. The van der Waals surface area contributed by atoms with Gasteiger partial charge in [-0.3, -0.25) is 18.7 Å². The van der Waals surface area contributed by atoms with Gasteiger partial charge in [0.1, 0.15) is 17.0 Å². The number of hydrogen-bond acceptors (Lipinski definition) is 5. The number of nitrogens with zero attached hydrogens (tertiary/aromatic N) is 3. The number of aryl methyl sites for hydroxylation is 1. The summed E-state index contributed by atoms with van der Waals surface area (Å²) in [5.41, 5.74) is -0.696. The number of carbonyl (C=O) groups is 1. The number of pyridine rings is 1. The Kier molecular flexibility index (Phi) is 4.53. The van der Waals surface area contributed by atoms with E-state index in [0.717, 1.165) is 4.57 Å². The van der Waals surface area contributed by atoms with Crippen molar-refractivity contribution in [1.82, 2.24) is 14.1 Å². The zero-order valence-corrected chi connectivity index (χ0v) is 14.0. The molecule has 1 N–H and O–H groups in total. The van der Waals surface area contributed by atoms with Crippen LogP contribution in [0.2, 0.25) is 0 Å². The number of carbonyl (C=O) groups excluding carboxylic acids is 1. The minimum atomic E-state index is -0.564. The predicted molar refractivity (Wildman–Crippen MR) is 92.7 cm³/mol. The Morgan fingerprint density at radius 3 is 2.54 bits per heavy atom. The maximum Gasteiger partial charge on any atom is 0.332 e. The first-order valence-electron chi connectivity index (χ1n) is 7.61. The van der Waals surface area contributed by atoms with Gasteiger partial charge in [0, 0.05) is 20.3 Å². The van der Waals surface area contributed by atoms with Crippen molar-refractivity contribution in [3.8, 4) is 5.75 Å². The molecule has 3 rings (SSSR count). The highest BCUT2D eigenvalue weighted by atomic mass is 19.1. The number of rotatable bonds is 4. The Balaban J connectivity index is 1.87. The van der Waals surface area contributed by atoms with Gasteiger partial charge < -0.3 is 10.1 Å². The third-order valence-electron chi connectivity index (χ3n) is 3.80. The fourth-order valence-electron chi connectivity index (χ4n) is 2.46. The average molecular weight is 358 g/mol. The molecule has 0 saturated heterocycles. The normalized spacial score (nSPS) is 10.7. The van der Waals surface area contributed by atoms with Crippen molar-refractivity contribution < 1.29 is 13.9 Å². The van der Waals surface area contributed by atoms with Crippen molar-refractivity contribution in [2.75, 3.05) is 11.9 Å². The van der Waals surface area contributed by atoms with Crippen LogP contribution in [0, 0.1) is 5.82 Å². The molecule has 134 valence electrons. The molecule has 0 aliphatic heterocycles. The fourth-order valence-corrected chi connectivity index (χ4v) is 2.46. The summed E-state index contributed by atoms with van der Waals surface area (Å²) in [6, 6.07) is 6.69. The van der Waals surface area contributed by atoms with Crippen LogP contribution in [0.5, 0.6) is 5.75 Å². The Morgan fingerprint density at radius 2 is 1.85 bits per heavy atom. The van der Waals surface area contributed by atoms with E-state index >= 15 is 0 Å². The summed E-state index contributed by atoms with van der Waals surface area (Å²) in [5.74, 6) is -0.594. The number of hydrogen-bond donors (Lipinski definition) is 1. The lowest BCUT2D eigenvalue weighted by atomic mass is 10.2. The monoisotopic (exact) mass is 358 g/mol. The quantitative estimate of drug-likeness (QED) is 0.744. The zero-order chi connectivity index (χ0) is 18.8. The molecule has 2 heterocycles. The van der Waals surface area contributed by atoms with E-state index in [0.29, 0.717) is 5.75 Å². The van der Waals surface area contributed by atoms with Gasteiger partial charge in [-0.2, -0.15) is 0 Å². The maximum atomic E-state index is 12.9. The SMILES string of the molecule is Cn1c(=O)c2c(NC(=O)COc3ccc(F)cc3)ccnc2n(C)c1=O. The van der Waals surface area contributed by atoms with E-state index in [1.807, 2.05) is 0 Å². The molecule has 26 heavy (non-hydrogen) atoms. The lowest BCUT2D eigenvalue weighted by molar-refractivity contribution is -0.118. The Morgan fingerprint density at radius 1 is 1.15 bits per heavy atom. The van der Waals surface area contributed by atoms with Gasteiger partial charge in [-0.05, 0) is 30.3 Å². The van der Waals surface area contributed by atoms with Crippen molar-refractivity contribution in [1.29, 1.82) is 0 Å². The topological polar surface area (TPSA) is 95.2 Å². The standard InChI is InChI=1S/C17H15FN4O4/c1-21-15-14(16(24)22(2)17(21)25)12(7-8-19-15)20-13(23)9-26-11-5-3-10(18)4-6-11/h3-8H,9H2,1-2H3,(H,19,20,23). The third kappa shape index (κ3) is 3.18. The minimum absolute atomic E-state index is 0.118. The van der Waals surface area contributed by atoms with Gasteiger partial charge in [-0.25, -0.2) is 14.2 Å². The van der Waals surface area contributed by atoms with Gasteiger partial charge in [0.2, 0.25) is 0 Å². The van der Waals surface area contributed by atoms with Gasteiger partial charge in [-0.1, -0.05) is 0 Å². The van der Waals surface area contributed by atoms with Crippen molar-refractivity contribution in [3.05, 3.63) is 63.2 Å². The molecule has 0 saturated carbocycles. The van der Waals surface area contributed by atoms with Crippen LogP contribution in [0.15, 0.2) is 46.1 Å². The highest BCUT2D eigenvalue weighted by Crippen LogP contribution is 2.16. The second-order valence-corrected chi connectivity index (χ2v) is 5.55. The first-order valence-corrected chi connectivity index (χ1v) is 7.61. The lowest BCUT2D eigenvalue weighted by Gasteiger charge is -2.11. The zero-order valence-electron chi connectivity index (χ0n) is 14.0. The largest absolute Gasteiger partial charge is 0.484 e. The van der Waals surface area contributed by atoms with E-state index in [4.69, 9.17) is 4.74 Å². The number of fused-ring (bicyclic) bond motifs is 1. The van der Waals surface area contributed by atoms with E-state index in [-0.39, 0.29) is 23.3 Å².